The van der Waals surface area contributed by atoms with Crippen LogP contribution in [0.4, 0.5) is 0 Å². The Kier molecular flexibility index (Phi) is 7.94. The number of nitrogens with zero attached hydrogens (tertiary/aromatic N) is 3. The van der Waals surface area contributed by atoms with Gasteiger partial charge in [-0.25, -0.2) is 4.98 Å². The summed E-state index contributed by atoms with van der Waals surface area (Å²) in [6.45, 7) is 0. The highest BCUT2D eigenvalue weighted by Gasteiger charge is 2.21. The largest absolute Gasteiger partial charge is 0.291 e. The Morgan fingerprint density at radius 1 is 0.324 bits per heavy atom. The molecule has 314 valence electrons. The lowest BCUT2D eigenvalue weighted by Gasteiger charge is -2.14. The van der Waals surface area contributed by atoms with Crippen LogP contribution in [0.5, 0.6) is 0 Å². The van der Waals surface area contributed by atoms with Crippen LogP contribution in [-0.2, 0) is 0 Å². The second-order valence-corrected chi connectivity index (χ2v) is 19.1. The zero-order valence-corrected chi connectivity index (χ0v) is 37.4. The first-order valence-corrected chi connectivity index (χ1v) is 24.0. The second kappa shape index (κ2) is 14.4. The van der Waals surface area contributed by atoms with Gasteiger partial charge in [0.25, 0.3) is 0 Å². The van der Waals surface area contributed by atoms with E-state index in [-0.39, 0.29) is 0 Å². The number of benzene rings is 11. The van der Waals surface area contributed by atoms with E-state index >= 15 is 0 Å². The van der Waals surface area contributed by atoms with Gasteiger partial charge in [-0.1, -0.05) is 182 Å². The number of thiophene rings is 1. The zero-order chi connectivity index (χ0) is 44.5. The summed E-state index contributed by atoms with van der Waals surface area (Å²) in [6, 6.07) is 80.3. The van der Waals surface area contributed by atoms with Crippen molar-refractivity contribution in [2.45, 2.75) is 0 Å². The van der Waals surface area contributed by atoms with Crippen molar-refractivity contribution < 1.29 is 0 Å². The maximum absolute atomic E-state index is 5.59. The average molecular weight is 880 g/mol. The van der Waals surface area contributed by atoms with E-state index < -0.39 is 0 Å². The summed E-state index contributed by atoms with van der Waals surface area (Å²) < 4.78 is 4.93. The van der Waals surface area contributed by atoms with Gasteiger partial charge in [0.15, 0.2) is 5.65 Å². The van der Waals surface area contributed by atoms with Crippen molar-refractivity contribution in [3.8, 4) is 44.6 Å². The molecule has 4 heteroatoms. The number of hydrogen-bond acceptors (Lipinski definition) is 3. The third-order valence-electron chi connectivity index (χ3n) is 14.4. The molecule has 0 aliphatic carbocycles. The molecule has 15 rings (SSSR count). The molecule has 0 aliphatic rings. The number of rotatable bonds is 4. The maximum atomic E-state index is 5.59. The Hall–Kier alpha value is -8.70. The summed E-state index contributed by atoms with van der Waals surface area (Å²) in [5.74, 6) is 0. The number of imidazole rings is 1. The lowest BCUT2D eigenvalue weighted by Crippen LogP contribution is -1.93. The SMILES string of the molecule is c1ccc2cc3c(ccc4c3nc3c5sc6c7ccccc7ccc6c5cc(-c5ccc(-c6ccc(-c7ccc(-c8cc9cccnc9c9ccccc89)cc7)c7ccccc67)cc5)n43)cc2c1. The fraction of sp³-hybridized carbons (Fsp3) is 0. The molecule has 4 aromatic heterocycles. The van der Waals surface area contributed by atoms with E-state index in [0.717, 1.165) is 38.8 Å². The van der Waals surface area contributed by atoms with Gasteiger partial charge in [0.1, 0.15) is 0 Å². The van der Waals surface area contributed by atoms with Gasteiger partial charge in [0, 0.05) is 37.8 Å². The highest BCUT2D eigenvalue weighted by molar-refractivity contribution is 7.27. The number of aromatic nitrogens is 3. The Morgan fingerprint density at radius 2 is 0.897 bits per heavy atom. The Labute approximate surface area is 394 Å². The molecule has 0 fully saturated rings. The van der Waals surface area contributed by atoms with Crippen LogP contribution in [0, 0.1) is 0 Å². The van der Waals surface area contributed by atoms with E-state index in [0.29, 0.717) is 0 Å². The molecule has 0 atom stereocenters. The number of pyridine rings is 2. The average Bonchev–Trinajstić information content (AvgIpc) is 3.99. The third-order valence-corrected chi connectivity index (χ3v) is 15.6. The fourth-order valence-corrected chi connectivity index (χ4v) is 12.4. The van der Waals surface area contributed by atoms with Gasteiger partial charge in [-0.05, 0) is 118 Å². The standard InChI is InChI=1S/C64H37N3S/c1-2-12-44-35-56-45(34-43(44)11-1)28-32-58-61(56)66-64-63-57(54-29-27-38-10-3-4-14-49(38)62(54)68-63)37-59(67(58)64)42-25-23-40(24-26-42)48-31-30-47(50-15-5-6-16-51(48)50)39-19-21-41(22-20-39)55-36-46-13-9-33-65-60(46)53-18-8-7-17-52(53)55/h1-37H. The molecule has 4 heterocycles. The van der Waals surface area contributed by atoms with Gasteiger partial charge in [0.2, 0.25) is 0 Å². The zero-order valence-electron chi connectivity index (χ0n) is 36.6. The number of hydrogen-bond donors (Lipinski definition) is 0. The summed E-state index contributed by atoms with van der Waals surface area (Å²) in [6.07, 6.45) is 1.88. The van der Waals surface area contributed by atoms with E-state index in [1.54, 1.807) is 0 Å². The Balaban J connectivity index is 0.863. The highest BCUT2D eigenvalue weighted by atomic mass is 32.1. The van der Waals surface area contributed by atoms with Crippen LogP contribution in [-0.4, -0.2) is 14.4 Å². The molecule has 68 heavy (non-hydrogen) atoms. The van der Waals surface area contributed by atoms with Crippen molar-refractivity contribution in [2.75, 3.05) is 0 Å². The van der Waals surface area contributed by atoms with Gasteiger partial charge < -0.3 is 0 Å². The topological polar surface area (TPSA) is 30.2 Å². The van der Waals surface area contributed by atoms with E-state index in [1.165, 1.54) is 107 Å². The van der Waals surface area contributed by atoms with Crippen molar-refractivity contribution in [1.82, 2.24) is 14.4 Å². The van der Waals surface area contributed by atoms with Crippen LogP contribution >= 0.6 is 11.3 Å². The van der Waals surface area contributed by atoms with Gasteiger partial charge in [-0.3, -0.25) is 9.38 Å². The monoisotopic (exact) mass is 879 g/mol. The highest BCUT2D eigenvalue weighted by Crippen LogP contribution is 2.45. The molecule has 0 radical (unpaired) electrons. The quantitative estimate of drug-likeness (QED) is 0.130. The molecule has 0 saturated carbocycles. The van der Waals surface area contributed by atoms with Gasteiger partial charge >= 0.3 is 0 Å². The predicted octanol–water partition coefficient (Wildman–Crippen LogP) is 17.8. The summed E-state index contributed by atoms with van der Waals surface area (Å²) >= 11 is 1.86. The fourth-order valence-electron chi connectivity index (χ4n) is 11.1. The van der Waals surface area contributed by atoms with Crippen LogP contribution in [0.3, 0.4) is 0 Å². The predicted molar refractivity (Wildman–Crippen MR) is 290 cm³/mol. The van der Waals surface area contributed by atoms with Crippen LogP contribution in [0.1, 0.15) is 0 Å². The normalized spacial score (nSPS) is 12.1. The molecule has 0 N–H and O–H groups in total. The Morgan fingerprint density at radius 3 is 1.62 bits per heavy atom. The second-order valence-electron chi connectivity index (χ2n) is 18.1. The minimum Gasteiger partial charge on any atom is -0.291 e. The van der Waals surface area contributed by atoms with Crippen molar-refractivity contribution in [3.05, 3.63) is 225 Å². The summed E-state index contributed by atoms with van der Waals surface area (Å²) in [5.41, 5.74) is 13.7. The van der Waals surface area contributed by atoms with Gasteiger partial charge in [0.05, 0.1) is 26.9 Å². The maximum Gasteiger partial charge on any atom is 0.156 e. The molecular weight excluding hydrogens is 843 g/mol. The molecule has 0 unspecified atom stereocenters. The number of fused-ring (bicyclic) bond motifs is 16. The first-order chi connectivity index (χ1) is 33.7. The van der Waals surface area contributed by atoms with Crippen LogP contribution < -0.4 is 0 Å². The molecule has 15 aromatic rings. The summed E-state index contributed by atoms with van der Waals surface area (Å²) in [5, 5.41) is 15.9. The van der Waals surface area contributed by atoms with Crippen molar-refractivity contribution in [2.24, 2.45) is 0 Å². The van der Waals surface area contributed by atoms with Crippen molar-refractivity contribution >= 4 is 113 Å². The third kappa shape index (κ3) is 5.53. The molecule has 0 amide bonds. The van der Waals surface area contributed by atoms with Crippen molar-refractivity contribution in [3.63, 3.8) is 0 Å². The van der Waals surface area contributed by atoms with E-state index in [9.17, 15) is 0 Å². The minimum absolute atomic E-state index is 1.00. The summed E-state index contributed by atoms with van der Waals surface area (Å²) in [4.78, 5) is 10.3. The van der Waals surface area contributed by atoms with Gasteiger partial charge in [-0.15, -0.1) is 11.3 Å². The molecule has 0 spiro atoms. The van der Waals surface area contributed by atoms with Crippen molar-refractivity contribution in [1.29, 1.82) is 0 Å². The lowest BCUT2D eigenvalue weighted by molar-refractivity contribution is 1.25. The van der Waals surface area contributed by atoms with E-state index in [2.05, 4.69) is 217 Å². The van der Waals surface area contributed by atoms with Crippen LogP contribution in [0.15, 0.2) is 225 Å². The van der Waals surface area contributed by atoms with E-state index in [4.69, 9.17) is 9.97 Å². The first-order valence-electron chi connectivity index (χ1n) is 23.2. The first kappa shape index (κ1) is 37.5. The molecule has 0 saturated heterocycles. The summed E-state index contributed by atoms with van der Waals surface area (Å²) in [7, 11) is 0. The lowest BCUT2D eigenvalue weighted by atomic mass is 9.90. The molecule has 0 aliphatic heterocycles. The van der Waals surface area contributed by atoms with E-state index in [1.807, 2.05) is 23.6 Å². The molecular formula is C64H37N3S. The Bertz CT molecular complexity index is 4600. The minimum atomic E-state index is 1.00. The van der Waals surface area contributed by atoms with Crippen LogP contribution in [0.25, 0.3) is 146 Å². The van der Waals surface area contributed by atoms with Crippen LogP contribution in [0.2, 0.25) is 0 Å². The molecule has 11 aromatic carbocycles. The van der Waals surface area contributed by atoms with Gasteiger partial charge in [-0.2, -0.15) is 0 Å². The molecule has 0 bridgehead atoms. The molecule has 3 nitrogen and oxygen atoms in total. The smallest absolute Gasteiger partial charge is 0.156 e.